The van der Waals surface area contributed by atoms with Gasteiger partial charge in [-0.1, -0.05) is 0 Å². The lowest BCUT2D eigenvalue weighted by molar-refractivity contribution is 0.0902. The molecule has 1 aliphatic rings. The van der Waals surface area contributed by atoms with Gasteiger partial charge < -0.3 is 14.4 Å². The van der Waals surface area contributed by atoms with Crippen LogP contribution in [-0.2, 0) is 27.9 Å². The molecule has 1 saturated heterocycles. The van der Waals surface area contributed by atoms with Gasteiger partial charge in [0.2, 0.25) is 10.0 Å². The van der Waals surface area contributed by atoms with Gasteiger partial charge in [0, 0.05) is 31.1 Å². The molecule has 1 aromatic rings. The fourth-order valence-electron chi connectivity index (χ4n) is 2.48. The molecule has 0 aliphatic carbocycles. The second-order valence-corrected chi connectivity index (χ2v) is 6.79. The first-order valence-corrected chi connectivity index (χ1v) is 8.40. The maximum atomic E-state index is 12.3. The molecule has 6 nitrogen and oxygen atoms in total. The van der Waals surface area contributed by atoms with Crippen LogP contribution in [0.5, 0.6) is 0 Å². The molecule has 1 fully saturated rings. The quantitative estimate of drug-likeness (QED) is 0.816. The third kappa shape index (κ3) is 3.22. The van der Waals surface area contributed by atoms with Gasteiger partial charge in [-0.05, 0) is 32.8 Å². The molecular formula is C13H22N2O4S. The highest BCUT2D eigenvalue weighted by molar-refractivity contribution is 7.89. The fraction of sp³-hybridized carbons (Fsp3) is 0.692. The van der Waals surface area contributed by atoms with Crippen LogP contribution in [0.3, 0.4) is 0 Å². The number of nitrogens with zero attached hydrogens (tertiary/aromatic N) is 1. The van der Waals surface area contributed by atoms with Crippen LogP contribution in [0.2, 0.25) is 0 Å². The summed E-state index contributed by atoms with van der Waals surface area (Å²) >= 11 is 0. The Balaban J connectivity index is 2.15. The van der Waals surface area contributed by atoms with Crippen LogP contribution in [0.15, 0.2) is 17.2 Å². The van der Waals surface area contributed by atoms with E-state index in [1.165, 1.54) is 6.07 Å². The minimum atomic E-state index is -3.58. The summed E-state index contributed by atoms with van der Waals surface area (Å²) in [6, 6.07) is 1.25. The Morgan fingerprint density at radius 3 is 2.85 bits per heavy atom. The van der Waals surface area contributed by atoms with Crippen LogP contribution in [0.25, 0.3) is 0 Å². The summed E-state index contributed by atoms with van der Waals surface area (Å²) in [7, 11) is -3.58. The number of aryl methyl sites for hydroxylation is 1. The topological polar surface area (TPSA) is 80.6 Å². The van der Waals surface area contributed by atoms with Crippen LogP contribution < -0.4 is 4.72 Å². The molecule has 0 amide bonds. The van der Waals surface area contributed by atoms with E-state index in [2.05, 4.69) is 4.72 Å². The molecule has 20 heavy (non-hydrogen) atoms. The zero-order chi connectivity index (χ0) is 14.8. The Labute approximate surface area is 119 Å². The number of aliphatic hydroxyl groups is 1. The van der Waals surface area contributed by atoms with Crippen LogP contribution in [0, 0.1) is 0 Å². The highest BCUT2D eigenvalue weighted by atomic mass is 32.2. The number of sulfonamides is 1. The minimum Gasteiger partial charge on any atom is -0.390 e. The molecule has 114 valence electrons. The van der Waals surface area contributed by atoms with Crippen molar-refractivity contribution in [2.75, 3.05) is 6.61 Å². The van der Waals surface area contributed by atoms with Crippen molar-refractivity contribution in [2.45, 2.75) is 56.9 Å². The van der Waals surface area contributed by atoms with Crippen molar-refractivity contribution in [3.05, 3.63) is 18.0 Å². The monoisotopic (exact) mass is 302 g/mol. The van der Waals surface area contributed by atoms with Gasteiger partial charge in [0.1, 0.15) is 0 Å². The lowest BCUT2D eigenvalue weighted by Gasteiger charge is -2.19. The molecule has 0 radical (unpaired) electrons. The molecule has 0 bridgehead atoms. The Bertz CT molecular complexity index is 525. The van der Waals surface area contributed by atoms with Crippen molar-refractivity contribution in [1.29, 1.82) is 0 Å². The van der Waals surface area contributed by atoms with E-state index < -0.39 is 10.0 Å². The SMILES string of the molecule is CCn1cc(S(=O)(=O)NC(C)C2CCCO2)cc1CO. The third-order valence-corrected chi connectivity index (χ3v) is 5.16. The maximum absolute atomic E-state index is 12.3. The Kier molecular flexibility index (Phi) is 4.85. The minimum absolute atomic E-state index is 0.0599. The molecule has 0 saturated carbocycles. The highest BCUT2D eigenvalue weighted by Gasteiger charge is 2.27. The van der Waals surface area contributed by atoms with Crippen molar-refractivity contribution in [3.8, 4) is 0 Å². The molecule has 2 atom stereocenters. The number of hydrogen-bond acceptors (Lipinski definition) is 4. The van der Waals surface area contributed by atoms with Gasteiger partial charge >= 0.3 is 0 Å². The molecule has 2 N–H and O–H groups in total. The standard InChI is InChI=1S/C13H22N2O4S/c1-3-15-8-12(7-11(15)9-16)20(17,18)14-10(2)13-5-4-6-19-13/h7-8,10,13-14,16H,3-6,9H2,1-2H3. The summed E-state index contributed by atoms with van der Waals surface area (Å²) in [5, 5.41) is 9.23. The molecule has 0 spiro atoms. The van der Waals surface area contributed by atoms with Crippen LogP contribution >= 0.6 is 0 Å². The number of aromatic nitrogens is 1. The van der Waals surface area contributed by atoms with Gasteiger partial charge in [-0.25, -0.2) is 13.1 Å². The summed E-state index contributed by atoms with van der Waals surface area (Å²) in [5.74, 6) is 0. The largest absolute Gasteiger partial charge is 0.390 e. The summed E-state index contributed by atoms with van der Waals surface area (Å²) < 4.78 is 34.5. The van der Waals surface area contributed by atoms with Crippen LogP contribution in [-0.4, -0.2) is 36.8 Å². The normalized spacial score (nSPS) is 21.2. The molecule has 2 heterocycles. The van der Waals surface area contributed by atoms with Gasteiger partial charge in [-0.15, -0.1) is 0 Å². The number of hydrogen-bond donors (Lipinski definition) is 2. The van der Waals surface area contributed by atoms with Crippen molar-refractivity contribution >= 4 is 10.0 Å². The highest BCUT2D eigenvalue weighted by Crippen LogP contribution is 2.19. The molecule has 1 aliphatic heterocycles. The molecule has 7 heteroatoms. The Morgan fingerprint density at radius 2 is 2.35 bits per heavy atom. The number of nitrogens with one attached hydrogen (secondary N) is 1. The Morgan fingerprint density at radius 1 is 1.60 bits per heavy atom. The smallest absolute Gasteiger partial charge is 0.242 e. The number of ether oxygens (including phenoxy) is 1. The summed E-state index contributed by atoms with van der Waals surface area (Å²) in [6.07, 6.45) is 3.34. The second kappa shape index (κ2) is 6.26. The van der Waals surface area contributed by atoms with Gasteiger partial charge in [0.05, 0.1) is 17.6 Å². The van der Waals surface area contributed by atoms with E-state index in [-0.39, 0.29) is 23.6 Å². The first-order chi connectivity index (χ1) is 9.47. The zero-order valence-electron chi connectivity index (χ0n) is 11.9. The molecule has 2 unspecified atom stereocenters. The lowest BCUT2D eigenvalue weighted by Crippen LogP contribution is -2.40. The van der Waals surface area contributed by atoms with Crippen molar-refractivity contribution < 1.29 is 18.3 Å². The first-order valence-electron chi connectivity index (χ1n) is 6.91. The Hall–Kier alpha value is -0.890. The van der Waals surface area contributed by atoms with E-state index in [9.17, 15) is 13.5 Å². The van der Waals surface area contributed by atoms with Crippen LogP contribution in [0.4, 0.5) is 0 Å². The molecule has 1 aromatic heterocycles. The number of rotatable bonds is 6. The lowest BCUT2D eigenvalue weighted by atomic mass is 10.1. The van der Waals surface area contributed by atoms with E-state index >= 15 is 0 Å². The van der Waals surface area contributed by atoms with E-state index in [1.807, 2.05) is 13.8 Å². The van der Waals surface area contributed by atoms with E-state index in [0.29, 0.717) is 18.8 Å². The fourth-order valence-corrected chi connectivity index (χ4v) is 3.82. The van der Waals surface area contributed by atoms with Gasteiger partial charge in [0.25, 0.3) is 0 Å². The molecular weight excluding hydrogens is 280 g/mol. The summed E-state index contributed by atoms with van der Waals surface area (Å²) in [4.78, 5) is 0.188. The number of aliphatic hydroxyl groups excluding tert-OH is 1. The summed E-state index contributed by atoms with van der Waals surface area (Å²) in [5.41, 5.74) is 0.595. The third-order valence-electron chi connectivity index (χ3n) is 3.64. The molecule has 0 aromatic carbocycles. The van der Waals surface area contributed by atoms with Crippen molar-refractivity contribution in [1.82, 2.24) is 9.29 Å². The predicted octanol–water partition coefficient (Wildman–Crippen LogP) is 0.846. The predicted molar refractivity (Wildman–Crippen MR) is 74.8 cm³/mol. The average molecular weight is 302 g/mol. The van der Waals surface area contributed by atoms with Gasteiger partial charge in [-0.2, -0.15) is 0 Å². The van der Waals surface area contributed by atoms with E-state index in [0.717, 1.165) is 12.8 Å². The van der Waals surface area contributed by atoms with Gasteiger partial charge in [0.15, 0.2) is 0 Å². The average Bonchev–Trinajstić information content (AvgIpc) is 3.07. The molecule has 2 rings (SSSR count). The van der Waals surface area contributed by atoms with Crippen molar-refractivity contribution in [2.24, 2.45) is 0 Å². The maximum Gasteiger partial charge on any atom is 0.242 e. The van der Waals surface area contributed by atoms with Crippen molar-refractivity contribution in [3.63, 3.8) is 0 Å². The zero-order valence-corrected chi connectivity index (χ0v) is 12.7. The van der Waals surface area contributed by atoms with E-state index in [4.69, 9.17) is 4.74 Å². The van der Waals surface area contributed by atoms with E-state index in [1.54, 1.807) is 10.8 Å². The first kappa shape index (κ1) is 15.5. The summed E-state index contributed by atoms with van der Waals surface area (Å²) in [6.45, 7) is 4.85. The van der Waals surface area contributed by atoms with Crippen LogP contribution in [0.1, 0.15) is 32.4 Å². The van der Waals surface area contributed by atoms with Gasteiger partial charge in [-0.3, -0.25) is 0 Å². The second-order valence-electron chi connectivity index (χ2n) is 5.07.